The van der Waals surface area contributed by atoms with Crippen LogP contribution in [0.4, 0.5) is 0 Å². The van der Waals surface area contributed by atoms with E-state index in [4.69, 9.17) is 33.4 Å². The summed E-state index contributed by atoms with van der Waals surface area (Å²) in [5.41, 5.74) is -1.77. The molecule has 0 saturated heterocycles. The maximum absolute atomic E-state index is 10.8. The van der Waals surface area contributed by atoms with Gasteiger partial charge in [0.1, 0.15) is 0 Å². The summed E-state index contributed by atoms with van der Waals surface area (Å²) >= 11 is 0. The summed E-state index contributed by atoms with van der Waals surface area (Å²) in [6.45, 7) is 7.61. The van der Waals surface area contributed by atoms with Crippen molar-refractivity contribution in [3.8, 4) is 0 Å². The molecular weight excluding hydrogens is 397 g/mol. The van der Waals surface area contributed by atoms with Crippen LogP contribution in [0.3, 0.4) is 0 Å². The van der Waals surface area contributed by atoms with Gasteiger partial charge in [-0.3, -0.25) is 9.05 Å². The average Bonchev–Trinajstić information content (AvgIpc) is 2.30. The van der Waals surface area contributed by atoms with Crippen LogP contribution in [-0.2, 0) is 22.9 Å². The number of hydrogen-bond donors (Lipinski definition) is 4. The molecule has 0 aliphatic heterocycles. The summed E-state index contributed by atoms with van der Waals surface area (Å²) in [6.07, 6.45) is 3.96. The van der Waals surface area contributed by atoms with Crippen LogP contribution in [0.5, 0.6) is 0 Å². The predicted molar refractivity (Wildman–Crippen MR) is 94.0 cm³/mol. The molecular formula is C14H33NaO9P2. The van der Waals surface area contributed by atoms with Crippen molar-refractivity contribution in [3.05, 3.63) is 0 Å². The van der Waals surface area contributed by atoms with E-state index in [0.717, 1.165) is 25.7 Å². The van der Waals surface area contributed by atoms with Crippen LogP contribution in [0.25, 0.3) is 0 Å². The van der Waals surface area contributed by atoms with Crippen LogP contribution in [0, 0.1) is 0 Å². The van der Waals surface area contributed by atoms with Gasteiger partial charge in [0.15, 0.2) is 0 Å². The molecule has 9 nitrogen and oxygen atoms in total. The number of phosphoric ester groups is 2. The number of unbranched alkanes of at least 4 members (excludes halogenated alkanes) is 2. The molecule has 0 heterocycles. The van der Waals surface area contributed by atoms with E-state index < -0.39 is 26.8 Å². The molecule has 26 heavy (non-hydrogen) atoms. The molecule has 0 bridgehead atoms. The van der Waals surface area contributed by atoms with Crippen LogP contribution in [0.1, 0.15) is 67.6 Å². The molecule has 0 atom stereocenters. The number of phosphoric acid groups is 2. The van der Waals surface area contributed by atoms with Crippen LogP contribution < -0.4 is 29.6 Å². The molecule has 0 aromatic carbocycles. The standard InChI is InChI=1S/C14H32O9P2.Na.H/c1-13(2,22-24(15,16)17)9-5-7-11-21-12-8-6-10-14(3,4)23-25(18,19)20;;/h5-12H2,1-4H3,(H2,15,16,17)(H2,18,19,20);;/q;+1;-1. The zero-order valence-corrected chi connectivity index (χ0v) is 20.2. The summed E-state index contributed by atoms with van der Waals surface area (Å²) in [5, 5.41) is 0. The van der Waals surface area contributed by atoms with Crippen molar-refractivity contribution in [2.24, 2.45) is 0 Å². The Morgan fingerprint density at radius 2 is 1.04 bits per heavy atom. The first kappa shape index (κ1) is 29.4. The quantitative estimate of drug-likeness (QED) is 0.173. The molecule has 0 unspecified atom stereocenters. The van der Waals surface area contributed by atoms with Gasteiger partial charge in [-0.1, -0.05) is 0 Å². The van der Waals surface area contributed by atoms with Crippen molar-refractivity contribution in [2.45, 2.75) is 77.4 Å². The van der Waals surface area contributed by atoms with Crippen LogP contribution in [0.15, 0.2) is 0 Å². The summed E-state index contributed by atoms with van der Waals surface area (Å²) in [7, 11) is -8.96. The van der Waals surface area contributed by atoms with Gasteiger partial charge in [-0.15, -0.1) is 0 Å². The van der Waals surface area contributed by atoms with Gasteiger partial charge >= 0.3 is 45.2 Å². The molecule has 12 heteroatoms. The number of rotatable bonds is 14. The predicted octanol–water partition coefficient (Wildman–Crippen LogP) is 0.236. The van der Waals surface area contributed by atoms with E-state index >= 15 is 0 Å². The first-order valence-electron chi connectivity index (χ1n) is 8.22. The Bertz CT molecular complexity index is 437. The molecule has 0 spiro atoms. The molecule has 0 saturated carbocycles. The van der Waals surface area contributed by atoms with Gasteiger partial charge in [0, 0.05) is 13.2 Å². The molecule has 0 aliphatic rings. The van der Waals surface area contributed by atoms with Crippen LogP contribution in [0.2, 0.25) is 0 Å². The van der Waals surface area contributed by atoms with Gasteiger partial charge in [-0.05, 0) is 66.2 Å². The fourth-order valence-corrected chi connectivity index (χ4v) is 3.82. The molecule has 0 aromatic heterocycles. The van der Waals surface area contributed by atoms with Crippen molar-refractivity contribution in [1.29, 1.82) is 0 Å². The van der Waals surface area contributed by atoms with Gasteiger partial charge in [-0.25, -0.2) is 9.13 Å². The Balaban J connectivity index is -0.00000288. The second-order valence-electron chi connectivity index (χ2n) is 7.21. The smallest absolute Gasteiger partial charge is 1.00 e. The number of ether oxygens (including phenoxy) is 1. The summed E-state index contributed by atoms with van der Waals surface area (Å²) in [4.78, 5) is 35.2. The van der Waals surface area contributed by atoms with Crippen molar-refractivity contribution in [3.63, 3.8) is 0 Å². The summed E-state index contributed by atoms with van der Waals surface area (Å²) in [5.74, 6) is 0. The van der Waals surface area contributed by atoms with Gasteiger partial charge in [0.2, 0.25) is 0 Å². The molecule has 0 aliphatic carbocycles. The third-order valence-corrected chi connectivity index (χ3v) is 4.83. The van der Waals surface area contributed by atoms with Gasteiger partial charge in [-0.2, -0.15) is 0 Å². The van der Waals surface area contributed by atoms with Gasteiger partial charge < -0.3 is 25.7 Å². The summed E-state index contributed by atoms with van der Waals surface area (Å²) in [6, 6.07) is 0. The van der Waals surface area contributed by atoms with E-state index in [0.29, 0.717) is 26.1 Å². The Morgan fingerprint density at radius 1 is 0.731 bits per heavy atom. The van der Waals surface area contributed by atoms with E-state index in [1.807, 2.05) is 0 Å². The average molecular weight is 430 g/mol. The Hall–Kier alpha value is 1.18. The molecule has 0 fully saturated rings. The Morgan fingerprint density at radius 3 is 1.31 bits per heavy atom. The van der Waals surface area contributed by atoms with E-state index in [1.165, 1.54) is 0 Å². The molecule has 0 rings (SSSR count). The largest absolute Gasteiger partial charge is 1.00 e. The SMILES string of the molecule is CC(C)(CCCCOCCCCC(C)(C)OP(=O)(O)O)OP(=O)(O)O.[H-].[Na+]. The molecule has 0 amide bonds. The first-order chi connectivity index (χ1) is 11.1. The Kier molecular flexibility index (Phi) is 14.3. The normalized spacial score (nSPS) is 13.5. The van der Waals surface area contributed by atoms with E-state index in [2.05, 4.69) is 0 Å². The molecule has 0 aromatic rings. The maximum Gasteiger partial charge on any atom is 1.00 e. The number of hydrogen-bond acceptors (Lipinski definition) is 5. The van der Waals surface area contributed by atoms with Crippen molar-refractivity contribution >= 4 is 15.6 Å². The van der Waals surface area contributed by atoms with E-state index in [1.54, 1.807) is 27.7 Å². The minimum atomic E-state index is -4.48. The van der Waals surface area contributed by atoms with Crippen molar-refractivity contribution in [1.82, 2.24) is 0 Å². The van der Waals surface area contributed by atoms with Gasteiger partial charge in [0.05, 0.1) is 11.2 Å². The fourth-order valence-electron chi connectivity index (χ4n) is 2.35. The van der Waals surface area contributed by atoms with Gasteiger partial charge in [0.25, 0.3) is 0 Å². The minimum absolute atomic E-state index is 0. The van der Waals surface area contributed by atoms with Crippen LogP contribution in [-0.4, -0.2) is 44.0 Å². The zero-order chi connectivity index (χ0) is 19.8. The first-order valence-corrected chi connectivity index (χ1v) is 11.3. The topological polar surface area (TPSA) is 143 Å². The second-order valence-corrected chi connectivity index (χ2v) is 9.54. The minimum Gasteiger partial charge on any atom is -1.00 e. The molecule has 4 N–H and O–H groups in total. The monoisotopic (exact) mass is 430 g/mol. The zero-order valence-electron chi connectivity index (χ0n) is 17.4. The van der Waals surface area contributed by atoms with Crippen LogP contribution >= 0.6 is 15.6 Å². The molecule has 154 valence electrons. The second kappa shape index (κ2) is 12.7. The third kappa shape index (κ3) is 19.9. The van der Waals surface area contributed by atoms with Crippen molar-refractivity contribution in [2.75, 3.05) is 13.2 Å². The third-order valence-electron chi connectivity index (χ3n) is 3.37. The van der Waals surface area contributed by atoms with E-state index in [-0.39, 0.29) is 31.0 Å². The Labute approximate surface area is 179 Å². The maximum atomic E-state index is 10.8. The van der Waals surface area contributed by atoms with E-state index in [9.17, 15) is 9.13 Å². The summed E-state index contributed by atoms with van der Waals surface area (Å²) < 4.78 is 36.5. The molecule has 0 radical (unpaired) electrons. The van der Waals surface area contributed by atoms with Crippen molar-refractivity contribution < 1.29 is 73.5 Å². The fraction of sp³-hybridized carbons (Fsp3) is 1.00.